The van der Waals surface area contributed by atoms with Crippen molar-refractivity contribution in [2.75, 3.05) is 0 Å². The van der Waals surface area contributed by atoms with Gasteiger partial charge in [0.15, 0.2) is 0 Å². The average molecular weight is 419 g/mol. The van der Waals surface area contributed by atoms with Crippen molar-refractivity contribution in [3.63, 3.8) is 0 Å². The summed E-state index contributed by atoms with van der Waals surface area (Å²) in [6.45, 7) is 4.51. The summed E-state index contributed by atoms with van der Waals surface area (Å²) in [7, 11) is 0. The van der Waals surface area contributed by atoms with E-state index in [0.717, 1.165) is 35.8 Å². The summed E-state index contributed by atoms with van der Waals surface area (Å²) in [5.74, 6) is -1.15. The Morgan fingerprint density at radius 3 is 2.40 bits per heavy atom. The second kappa shape index (κ2) is 8.74. The van der Waals surface area contributed by atoms with Crippen molar-refractivity contribution in [3.8, 4) is 0 Å². The van der Waals surface area contributed by atoms with Crippen molar-refractivity contribution in [2.24, 2.45) is 0 Å². The summed E-state index contributed by atoms with van der Waals surface area (Å²) < 4.78 is 2.33. The number of nitrogens with two attached hydrogens (primary N) is 1. The minimum Gasteiger partial charge on any atom is -0.545 e. The molecular formula is C25H23ClN2O2. The van der Waals surface area contributed by atoms with Gasteiger partial charge in [-0.25, -0.2) is 0 Å². The normalized spacial score (nSPS) is 11.1. The van der Waals surface area contributed by atoms with E-state index >= 15 is 0 Å². The van der Waals surface area contributed by atoms with Crippen molar-refractivity contribution in [3.05, 3.63) is 106 Å². The van der Waals surface area contributed by atoms with Gasteiger partial charge in [0.05, 0.1) is 5.97 Å². The number of aromatic nitrogens is 1. The highest BCUT2D eigenvalue weighted by atomic mass is 35.5. The molecule has 152 valence electrons. The fourth-order valence-electron chi connectivity index (χ4n) is 3.92. The number of hydrogen-bond donors (Lipinski definition) is 1. The fraction of sp³-hybridized carbons (Fsp3) is 0.160. The zero-order valence-corrected chi connectivity index (χ0v) is 17.5. The maximum absolute atomic E-state index is 10.9. The van der Waals surface area contributed by atoms with Crippen LogP contribution in [0.1, 0.15) is 32.7 Å². The Kier molecular flexibility index (Phi) is 5.88. The van der Waals surface area contributed by atoms with E-state index in [1.54, 1.807) is 12.1 Å². The number of carboxylic acid groups (broad SMARTS) is 1. The van der Waals surface area contributed by atoms with Gasteiger partial charge in [-0.15, -0.1) is 0 Å². The van der Waals surface area contributed by atoms with Crippen molar-refractivity contribution in [1.29, 1.82) is 0 Å². The Labute approximate surface area is 180 Å². The molecule has 0 fully saturated rings. The Morgan fingerprint density at radius 2 is 1.67 bits per heavy atom. The van der Waals surface area contributed by atoms with Gasteiger partial charge in [-0.1, -0.05) is 72.3 Å². The average Bonchev–Trinajstić information content (AvgIpc) is 3.01. The lowest BCUT2D eigenvalue weighted by Gasteiger charge is -2.10. The number of aromatic carboxylic acids is 1. The number of halogens is 1. The second-order valence-electron chi connectivity index (χ2n) is 7.44. The largest absolute Gasteiger partial charge is 0.545 e. The monoisotopic (exact) mass is 418 g/mol. The Bertz CT molecular complexity index is 1200. The molecule has 4 aromatic rings. The van der Waals surface area contributed by atoms with Crippen molar-refractivity contribution >= 4 is 28.5 Å². The Hall–Kier alpha value is -3.08. The molecule has 4 rings (SSSR count). The summed E-state index contributed by atoms with van der Waals surface area (Å²) in [4.78, 5) is 10.9. The lowest BCUT2D eigenvalue weighted by Crippen LogP contribution is -2.80. The van der Waals surface area contributed by atoms with Crippen LogP contribution in [0.25, 0.3) is 10.9 Å². The molecule has 0 saturated heterocycles. The summed E-state index contributed by atoms with van der Waals surface area (Å²) in [6, 6.07) is 23.3. The third-order valence-corrected chi connectivity index (χ3v) is 5.93. The van der Waals surface area contributed by atoms with E-state index < -0.39 is 5.97 Å². The minimum atomic E-state index is -1.15. The molecule has 0 aliphatic rings. The highest BCUT2D eigenvalue weighted by Gasteiger charge is 2.16. The van der Waals surface area contributed by atoms with Crippen molar-refractivity contribution in [2.45, 2.75) is 26.6 Å². The lowest BCUT2D eigenvalue weighted by atomic mass is 10.1. The third kappa shape index (κ3) is 4.11. The smallest absolute Gasteiger partial charge is 0.104 e. The first-order valence-electron chi connectivity index (χ1n) is 9.96. The van der Waals surface area contributed by atoms with Crippen LogP contribution in [0.3, 0.4) is 0 Å². The van der Waals surface area contributed by atoms with Gasteiger partial charge in [0, 0.05) is 39.3 Å². The molecule has 4 nitrogen and oxygen atoms in total. The van der Waals surface area contributed by atoms with Gasteiger partial charge in [0.2, 0.25) is 0 Å². The Balaban J connectivity index is 1.56. The van der Waals surface area contributed by atoms with Gasteiger partial charge >= 0.3 is 0 Å². The molecule has 30 heavy (non-hydrogen) atoms. The van der Waals surface area contributed by atoms with Gasteiger partial charge in [-0.2, -0.15) is 0 Å². The van der Waals surface area contributed by atoms with E-state index in [-0.39, 0.29) is 5.56 Å². The molecule has 1 aromatic heterocycles. The SMILES string of the molecule is Cc1c(C[NH2+]Cc2ccc(C(=O)[O-])cc2)c2ccccc2n1Cc1ccccc1Cl. The number of carboxylic acids is 1. The van der Waals surface area contributed by atoms with Crippen LogP contribution in [-0.4, -0.2) is 10.5 Å². The van der Waals surface area contributed by atoms with Crippen LogP contribution in [0, 0.1) is 6.92 Å². The van der Waals surface area contributed by atoms with Gasteiger partial charge in [-0.3, -0.25) is 0 Å². The van der Waals surface area contributed by atoms with Crippen LogP contribution in [0.15, 0.2) is 72.8 Å². The van der Waals surface area contributed by atoms with Crippen LogP contribution in [0.2, 0.25) is 5.02 Å². The minimum absolute atomic E-state index is 0.206. The molecule has 0 unspecified atom stereocenters. The van der Waals surface area contributed by atoms with Crippen LogP contribution in [0.4, 0.5) is 0 Å². The maximum Gasteiger partial charge on any atom is 0.104 e. The highest BCUT2D eigenvalue weighted by molar-refractivity contribution is 6.31. The summed E-state index contributed by atoms with van der Waals surface area (Å²) >= 11 is 6.41. The number of nitrogens with zero attached hydrogens (tertiary/aromatic N) is 1. The standard InChI is InChI=1S/C25H23ClN2O2/c1-17-22(15-27-14-18-10-12-19(13-11-18)25(29)30)21-7-3-5-9-24(21)28(17)16-20-6-2-4-8-23(20)26/h2-13,27H,14-16H2,1H3,(H,29,30). The number of para-hydroxylation sites is 1. The van der Waals surface area contributed by atoms with E-state index in [0.29, 0.717) is 0 Å². The number of quaternary nitrogens is 1. The lowest BCUT2D eigenvalue weighted by molar-refractivity contribution is -0.686. The molecule has 0 bridgehead atoms. The first kappa shape index (κ1) is 20.2. The van der Waals surface area contributed by atoms with E-state index in [1.165, 1.54) is 22.2 Å². The first-order chi connectivity index (χ1) is 14.5. The molecule has 5 heteroatoms. The number of benzene rings is 3. The van der Waals surface area contributed by atoms with Gasteiger partial charge in [-0.05, 0) is 30.2 Å². The number of fused-ring (bicyclic) bond motifs is 1. The van der Waals surface area contributed by atoms with E-state index in [1.807, 2.05) is 30.3 Å². The predicted octanol–water partition coefficient (Wildman–Crippen LogP) is 3.28. The van der Waals surface area contributed by atoms with Gasteiger partial charge in [0.1, 0.15) is 13.1 Å². The fourth-order valence-corrected chi connectivity index (χ4v) is 4.12. The van der Waals surface area contributed by atoms with Crippen molar-refractivity contribution in [1.82, 2.24) is 4.57 Å². The number of carbonyl (C=O) groups excluding carboxylic acids is 1. The number of carbonyl (C=O) groups is 1. The summed E-state index contributed by atoms with van der Waals surface area (Å²) in [6.07, 6.45) is 0. The highest BCUT2D eigenvalue weighted by Crippen LogP contribution is 2.27. The molecule has 0 atom stereocenters. The van der Waals surface area contributed by atoms with E-state index in [9.17, 15) is 9.90 Å². The zero-order valence-electron chi connectivity index (χ0n) is 16.8. The van der Waals surface area contributed by atoms with Gasteiger partial charge in [0.25, 0.3) is 0 Å². The third-order valence-electron chi connectivity index (χ3n) is 5.57. The van der Waals surface area contributed by atoms with Crippen LogP contribution >= 0.6 is 11.6 Å². The van der Waals surface area contributed by atoms with E-state index in [2.05, 4.69) is 47.1 Å². The molecule has 0 aliphatic heterocycles. The van der Waals surface area contributed by atoms with Crippen LogP contribution in [-0.2, 0) is 19.6 Å². The Morgan fingerprint density at radius 1 is 0.967 bits per heavy atom. The van der Waals surface area contributed by atoms with Crippen LogP contribution in [0.5, 0.6) is 0 Å². The summed E-state index contributed by atoms with van der Waals surface area (Å²) in [5, 5.41) is 15.2. The molecule has 0 spiro atoms. The quantitative estimate of drug-likeness (QED) is 0.500. The molecular weight excluding hydrogens is 396 g/mol. The molecule has 0 aliphatic carbocycles. The second-order valence-corrected chi connectivity index (χ2v) is 7.85. The number of rotatable bonds is 7. The molecule has 0 radical (unpaired) electrons. The molecule has 0 saturated carbocycles. The molecule has 0 amide bonds. The maximum atomic E-state index is 10.9. The number of hydrogen-bond acceptors (Lipinski definition) is 2. The van der Waals surface area contributed by atoms with E-state index in [4.69, 9.17) is 11.6 Å². The predicted molar refractivity (Wildman–Crippen MR) is 117 cm³/mol. The molecule has 2 N–H and O–H groups in total. The van der Waals surface area contributed by atoms with Gasteiger partial charge < -0.3 is 19.8 Å². The van der Waals surface area contributed by atoms with Crippen LogP contribution < -0.4 is 10.4 Å². The zero-order chi connectivity index (χ0) is 21.1. The topological polar surface area (TPSA) is 61.7 Å². The molecule has 1 heterocycles. The summed E-state index contributed by atoms with van der Waals surface area (Å²) in [5.41, 5.74) is 6.14. The van der Waals surface area contributed by atoms with Crippen molar-refractivity contribution < 1.29 is 15.2 Å². The molecule has 3 aromatic carbocycles. The first-order valence-corrected chi connectivity index (χ1v) is 10.3.